The van der Waals surface area contributed by atoms with Crippen LogP contribution in [0, 0.1) is 0 Å². The summed E-state index contributed by atoms with van der Waals surface area (Å²) in [5, 5.41) is 0. The van der Waals surface area contributed by atoms with Gasteiger partial charge in [-0.3, -0.25) is 4.79 Å². The Bertz CT molecular complexity index is 542. The molecule has 0 heterocycles. The summed E-state index contributed by atoms with van der Waals surface area (Å²) in [5.74, 6) is -4.82. The van der Waals surface area contributed by atoms with Crippen molar-refractivity contribution in [1.29, 1.82) is 0 Å². The Morgan fingerprint density at radius 3 is 1.63 bits per heavy atom. The second-order valence-corrected chi connectivity index (χ2v) is 7.63. The van der Waals surface area contributed by atoms with Gasteiger partial charge < -0.3 is 9.29 Å². The minimum absolute atomic E-state index is 0.0114. The van der Waals surface area contributed by atoms with E-state index in [1.165, 1.54) is 0 Å². The van der Waals surface area contributed by atoms with Crippen molar-refractivity contribution in [3.63, 3.8) is 0 Å². The highest BCUT2D eigenvalue weighted by atomic mass is 32.2. The maximum absolute atomic E-state index is 13.0. The van der Waals surface area contributed by atoms with Gasteiger partial charge in [0.25, 0.3) is 0 Å². The van der Waals surface area contributed by atoms with E-state index in [-0.39, 0.29) is 6.42 Å². The molecule has 0 bridgehead atoms. The molecule has 162 valence electrons. The van der Waals surface area contributed by atoms with Crippen LogP contribution in [0.4, 0.5) is 26.3 Å². The molecule has 12 heteroatoms. The Morgan fingerprint density at radius 2 is 1.26 bits per heavy atom. The van der Waals surface area contributed by atoms with E-state index in [9.17, 15) is 44.1 Å². The molecule has 0 aliphatic heterocycles. The van der Waals surface area contributed by atoms with Crippen LogP contribution in [-0.2, 0) is 19.6 Å². The lowest BCUT2D eigenvalue weighted by molar-refractivity contribution is -0.361. The number of carbonyl (C=O) groups excluding carboxylic acids is 1. The predicted octanol–water partition coefficient (Wildman–Crippen LogP) is 4.47. The molecule has 0 N–H and O–H groups in total. The first-order valence-electron chi connectivity index (χ1n) is 8.45. The van der Waals surface area contributed by atoms with Crippen molar-refractivity contribution < 1.29 is 48.8 Å². The van der Waals surface area contributed by atoms with Gasteiger partial charge in [0.1, 0.15) is 0 Å². The second kappa shape index (κ2) is 10.5. The molecule has 0 saturated heterocycles. The molecule has 0 aliphatic rings. The topological polar surface area (TPSA) is 83.5 Å². The molecule has 0 spiro atoms. The summed E-state index contributed by atoms with van der Waals surface area (Å²) in [7, 11) is -6.00. The lowest BCUT2D eigenvalue weighted by Gasteiger charge is -2.36. The zero-order valence-electron chi connectivity index (χ0n) is 14.8. The van der Waals surface area contributed by atoms with Gasteiger partial charge in [0.15, 0.2) is 0 Å². The minimum Gasteiger partial charge on any atom is -0.748 e. The highest BCUT2D eigenvalue weighted by Gasteiger charge is 2.75. The lowest BCUT2D eigenvalue weighted by atomic mass is 10.0. The first-order chi connectivity index (χ1) is 12.2. The van der Waals surface area contributed by atoms with Crippen LogP contribution < -0.4 is 0 Å². The smallest absolute Gasteiger partial charge is 0.438 e. The number of unbranched alkanes of at least 4 members (excludes halogenated alkanes) is 7. The highest BCUT2D eigenvalue weighted by molar-refractivity contribution is 7.85. The number of hydrogen-bond acceptors (Lipinski definition) is 5. The average molecular weight is 429 g/mol. The molecule has 0 atom stereocenters. The van der Waals surface area contributed by atoms with E-state index >= 15 is 0 Å². The molecule has 0 aliphatic carbocycles. The van der Waals surface area contributed by atoms with E-state index in [1.807, 2.05) is 6.92 Å². The summed E-state index contributed by atoms with van der Waals surface area (Å²) < 4.78 is 113. The number of rotatable bonds is 12. The third kappa shape index (κ3) is 9.13. The van der Waals surface area contributed by atoms with Gasteiger partial charge in [-0.1, -0.05) is 51.9 Å². The average Bonchev–Trinajstić information content (AvgIpc) is 2.45. The van der Waals surface area contributed by atoms with Crippen molar-refractivity contribution in [2.24, 2.45) is 0 Å². The third-order valence-electron chi connectivity index (χ3n) is 3.82. The Balaban J connectivity index is 4.87. The van der Waals surface area contributed by atoms with Gasteiger partial charge in [-0.25, -0.2) is 8.42 Å². The maximum Gasteiger partial charge on any atom is 0.438 e. The monoisotopic (exact) mass is 429 g/mol. The van der Waals surface area contributed by atoms with Crippen LogP contribution >= 0.6 is 0 Å². The highest BCUT2D eigenvalue weighted by Crippen LogP contribution is 2.47. The molecule has 5 nitrogen and oxygen atoms in total. The van der Waals surface area contributed by atoms with Gasteiger partial charge in [0.05, 0.1) is 15.9 Å². The Morgan fingerprint density at radius 1 is 0.852 bits per heavy atom. The molecule has 0 amide bonds. The first kappa shape index (κ1) is 26.0. The van der Waals surface area contributed by atoms with Crippen molar-refractivity contribution in [3.8, 4) is 0 Å². The standard InChI is InChI=1S/C15H24F6O5S/c1-2-3-4-5-6-7-8-9-10-12(22)26-13(14(16,17)18,15(19,20)21)11-27(23,24)25/h2-11H2,1H3,(H,23,24,25)/p-1. The molecule has 0 unspecified atom stereocenters. The Labute approximate surface area is 154 Å². The fraction of sp³-hybridized carbons (Fsp3) is 0.933. The van der Waals surface area contributed by atoms with Crippen LogP contribution in [0.2, 0.25) is 0 Å². The van der Waals surface area contributed by atoms with E-state index in [1.54, 1.807) is 0 Å². The Kier molecular flexibility index (Phi) is 10.1. The quantitative estimate of drug-likeness (QED) is 0.198. The fourth-order valence-electron chi connectivity index (χ4n) is 2.37. The van der Waals surface area contributed by atoms with Crippen molar-refractivity contribution in [2.75, 3.05) is 5.75 Å². The van der Waals surface area contributed by atoms with E-state index in [4.69, 9.17) is 0 Å². The van der Waals surface area contributed by atoms with Crippen molar-refractivity contribution >= 4 is 16.1 Å². The van der Waals surface area contributed by atoms with Crippen LogP contribution in [0.1, 0.15) is 64.7 Å². The van der Waals surface area contributed by atoms with Gasteiger partial charge in [0.2, 0.25) is 0 Å². The normalized spacial score (nSPS) is 13.6. The number of alkyl halides is 6. The summed E-state index contributed by atoms with van der Waals surface area (Å²) in [6, 6.07) is 0. The summed E-state index contributed by atoms with van der Waals surface area (Å²) in [6.07, 6.45) is -7.48. The maximum atomic E-state index is 13.0. The molecule has 0 aromatic carbocycles. The van der Waals surface area contributed by atoms with Crippen LogP contribution in [0.3, 0.4) is 0 Å². The lowest BCUT2D eigenvalue weighted by Crippen LogP contribution is -2.63. The van der Waals surface area contributed by atoms with Crippen LogP contribution in [0.15, 0.2) is 0 Å². The molecule has 0 saturated carbocycles. The molecule has 0 rings (SSSR count). The Hall–Kier alpha value is -1.04. The van der Waals surface area contributed by atoms with E-state index in [0.29, 0.717) is 12.8 Å². The van der Waals surface area contributed by atoms with Gasteiger partial charge in [-0.2, -0.15) is 26.3 Å². The van der Waals surface area contributed by atoms with Crippen molar-refractivity contribution in [2.45, 2.75) is 82.7 Å². The summed E-state index contributed by atoms with van der Waals surface area (Å²) in [4.78, 5) is 11.5. The number of hydrogen-bond donors (Lipinski definition) is 0. The second-order valence-electron chi connectivity index (χ2n) is 6.22. The number of ether oxygens (including phenoxy) is 1. The molecule has 27 heavy (non-hydrogen) atoms. The SMILES string of the molecule is CCCCCCCCCCC(=O)OC(CS(=O)(=O)[O-])(C(F)(F)F)C(F)(F)F. The van der Waals surface area contributed by atoms with Crippen molar-refractivity contribution in [1.82, 2.24) is 0 Å². The number of halogens is 6. The number of esters is 1. The third-order valence-corrected chi connectivity index (χ3v) is 4.58. The first-order valence-corrected chi connectivity index (χ1v) is 10.0. The summed E-state index contributed by atoms with van der Waals surface area (Å²) in [5.41, 5.74) is -5.38. The molecular formula is C15H23F6O5S-. The van der Waals surface area contributed by atoms with Crippen LogP contribution in [-0.4, -0.2) is 42.6 Å². The summed E-state index contributed by atoms with van der Waals surface area (Å²) >= 11 is 0. The van der Waals surface area contributed by atoms with E-state index < -0.39 is 46.2 Å². The summed E-state index contributed by atoms with van der Waals surface area (Å²) in [6.45, 7) is 2.03. The zero-order chi connectivity index (χ0) is 21.4. The predicted molar refractivity (Wildman–Crippen MR) is 82.7 cm³/mol. The van der Waals surface area contributed by atoms with Crippen molar-refractivity contribution in [3.05, 3.63) is 0 Å². The van der Waals surface area contributed by atoms with Gasteiger partial charge in [-0.05, 0) is 6.42 Å². The van der Waals surface area contributed by atoms with Crippen LogP contribution in [0.5, 0.6) is 0 Å². The molecule has 0 aromatic heterocycles. The number of carbonyl (C=O) groups is 1. The van der Waals surface area contributed by atoms with E-state index in [0.717, 1.165) is 32.1 Å². The van der Waals surface area contributed by atoms with E-state index in [2.05, 4.69) is 4.74 Å². The molecule has 0 fully saturated rings. The van der Waals surface area contributed by atoms with Gasteiger partial charge >= 0.3 is 23.9 Å². The molecule has 0 aromatic rings. The molecular weight excluding hydrogens is 406 g/mol. The molecule has 0 radical (unpaired) electrons. The zero-order valence-corrected chi connectivity index (χ0v) is 15.6. The van der Waals surface area contributed by atoms with Gasteiger partial charge in [-0.15, -0.1) is 0 Å². The van der Waals surface area contributed by atoms with Gasteiger partial charge in [0, 0.05) is 6.42 Å². The minimum atomic E-state index is -6.32. The van der Waals surface area contributed by atoms with Crippen LogP contribution in [0.25, 0.3) is 0 Å². The fourth-order valence-corrected chi connectivity index (χ4v) is 3.25. The largest absolute Gasteiger partial charge is 0.748 e.